The van der Waals surface area contributed by atoms with Gasteiger partial charge in [0, 0.05) is 11.1 Å². The zero-order chi connectivity index (χ0) is 12.0. The smallest absolute Gasteiger partial charge is 0.336 e. The number of ether oxygens (including phenoxy) is 1. The van der Waals surface area contributed by atoms with E-state index in [-0.39, 0.29) is 0 Å². The van der Waals surface area contributed by atoms with Crippen LogP contribution in [0.4, 0.5) is 0 Å². The highest BCUT2D eigenvalue weighted by Gasteiger charge is 2.05. The van der Waals surface area contributed by atoms with Gasteiger partial charge in [-0.2, -0.15) is 0 Å². The second-order valence-electron chi connectivity index (χ2n) is 2.88. The molecule has 0 fully saturated rings. The third-order valence-electron chi connectivity index (χ3n) is 1.64. The van der Waals surface area contributed by atoms with E-state index < -0.39 is 5.97 Å². The van der Waals surface area contributed by atoms with Gasteiger partial charge in [-0.05, 0) is 25.1 Å². The normalized spacial score (nSPS) is 11.2. The maximum Gasteiger partial charge on any atom is 0.336 e. The van der Waals surface area contributed by atoms with Crippen molar-refractivity contribution in [3.8, 4) is 5.75 Å². The standard InChI is InChI=1S/C12H10Cl2O2/c1-2-3-4-5-12(15)16-11-7-6-9(13)8-10(11)14/h2-8H,1H3/b3-2+,5-4+. The van der Waals surface area contributed by atoms with Crippen molar-refractivity contribution in [3.05, 3.63) is 52.5 Å². The molecule has 0 spiro atoms. The summed E-state index contributed by atoms with van der Waals surface area (Å²) in [6, 6.07) is 4.67. The summed E-state index contributed by atoms with van der Waals surface area (Å²) in [7, 11) is 0. The predicted molar refractivity (Wildman–Crippen MR) is 66.1 cm³/mol. The van der Waals surface area contributed by atoms with Crippen LogP contribution in [0.25, 0.3) is 0 Å². The third-order valence-corrected chi connectivity index (χ3v) is 2.17. The molecule has 84 valence electrons. The van der Waals surface area contributed by atoms with Gasteiger partial charge in [0.05, 0.1) is 5.02 Å². The first-order valence-corrected chi connectivity index (χ1v) is 5.35. The van der Waals surface area contributed by atoms with Crippen molar-refractivity contribution in [3.63, 3.8) is 0 Å². The topological polar surface area (TPSA) is 26.3 Å². The lowest BCUT2D eigenvalue weighted by Gasteiger charge is -2.03. The number of hydrogen-bond donors (Lipinski definition) is 0. The highest BCUT2D eigenvalue weighted by molar-refractivity contribution is 6.35. The first-order valence-electron chi connectivity index (χ1n) is 4.59. The number of carbonyl (C=O) groups is 1. The molecular weight excluding hydrogens is 247 g/mol. The molecule has 16 heavy (non-hydrogen) atoms. The summed E-state index contributed by atoms with van der Waals surface area (Å²) >= 11 is 11.5. The molecule has 0 aromatic heterocycles. The molecule has 0 aliphatic heterocycles. The van der Waals surface area contributed by atoms with Crippen LogP contribution in [0.15, 0.2) is 42.5 Å². The zero-order valence-corrected chi connectivity index (χ0v) is 10.1. The highest BCUT2D eigenvalue weighted by atomic mass is 35.5. The Kier molecular flexibility index (Phi) is 5.09. The average molecular weight is 257 g/mol. The van der Waals surface area contributed by atoms with Gasteiger partial charge >= 0.3 is 5.97 Å². The average Bonchev–Trinajstić information content (AvgIpc) is 2.23. The minimum absolute atomic E-state index is 0.293. The predicted octanol–water partition coefficient (Wildman–Crippen LogP) is 4.03. The van der Waals surface area contributed by atoms with Crippen molar-refractivity contribution < 1.29 is 9.53 Å². The minimum Gasteiger partial charge on any atom is -0.422 e. The largest absolute Gasteiger partial charge is 0.422 e. The first kappa shape index (κ1) is 12.8. The van der Waals surface area contributed by atoms with E-state index in [9.17, 15) is 4.79 Å². The number of hydrogen-bond acceptors (Lipinski definition) is 2. The van der Waals surface area contributed by atoms with Crippen molar-refractivity contribution in [2.24, 2.45) is 0 Å². The second kappa shape index (κ2) is 6.36. The molecule has 0 atom stereocenters. The van der Waals surface area contributed by atoms with Crippen molar-refractivity contribution in [1.29, 1.82) is 0 Å². The molecule has 0 saturated heterocycles. The number of rotatable bonds is 3. The van der Waals surface area contributed by atoms with Crippen LogP contribution in [0.5, 0.6) is 5.75 Å². The summed E-state index contributed by atoms with van der Waals surface area (Å²) in [5, 5.41) is 0.801. The quantitative estimate of drug-likeness (QED) is 0.353. The van der Waals surface area contributed by atoms with E-state index in [0.29, 0.717) is 15.8 Å². The van der Waals surface area contributed by atoms with Crippen molar-refractivity contribution in [1.82, 2.24) is 0 Å². The molecule has 0 amide bonds. The van der Waals surface area contributed by atoms with Crippen molar-refractivity contribution in [2.75, 3.05) is 0 Å². The van der Waals surface area contributed by atoms with Gasteiger partial charge in [0.25, 0.3) is 0 Å². The Morgan fingerprint density at radius 2 is 2.06 bits per heavy atom. The summed E-state index contributed by atoms with van der Waals surface area (Å²) in [5.41, 5.74) is 0. The van der Waals surface area contributed by atoms with Crippen LogP contribution in [0.3, 0.4) is 0 Å². The van der Waals surface area contributed by atoms with Gasteiger partial charge in [-0.25, -0.2) is 4.79 Å². The molecule has 4 heteroatoms. The fraction of sp³-hybridized carbons (Fsp3) is 0.0833. The first-order chi connectivity index (χ1) is 7.63. The lowest BCUT2D eigenvalue weighted by atomic mass is 10.3. The van der Waals surface area contributed by atoms with Crippen LogP contribution >= 0.6 is 23.2 Å². The minimum atomic E-state index is -0.484. The lowest BCUT2D eigenvalue weighted by molar-refractivity contribution is -0.128. The van der Waals surface area contributed by atoms with E-state index in [0.717, 1.165) is 0 Å². The van der Waals surface area contributed by atoms with Crippen LogP contribution in [-0.2, 0) is 4.79 Å². The van der Waals surface area contributed by atoms with E-state index in [4.69, 9.17) is 27.9 Å². The molecular formula is C12H10Cl2O2. The van der Waals surface area contributed by atoms with E-state index in [2.05, 4.69) is 0 Å². The van der Waals surface area contributed by atoms with Gasteiger partial charge in [0.15, 0.2) is 0 Å². The molecule has 1 aromatic rings. The summed E-state index contributed by atoms with van der Waals surface area (Å²) in [6.45, 7) is 1.85. The number of halogens is 2. The van der Waals surface area contributed by atoms with E-state index in [1.54, 1.807) is 30.4 Å². The molecule has 1 rings (SSSR count). The Balaban J connectivity index is 2.70. The van der Waals surface area contributed by atoms with Gasteiger partial charge in [-0.15, -0.1) is 0 Å². The lowest BCUT2D eigenvalue weighted by Crippen LogP contribution is -2.03. The molecule has 0 N–H and O–H groups in total. The van der Waals surface area contributed by atoms with Gasteiger partial charge in [0.1, 0.15) is 5.75 Å². The zero-order valence-electron chi connectivity index (χ0n) is 8.61. The molecule has 0 saturated carbocycles. The SMILES string of the molecule is C/C=C/C=C/C(=O)Oc1ccc(Cl)cc1Cl. The number of benzene rings is 1. The molecule has 0 heterocycles. The molecule has 1 aromatic carbocycles. The van der Waals surface area contributed by atoms with Gasteiger partial charge < -0.3 is 4.74 Å². The number of allylic oxidation sites excluding steroid dienone is 3. The van der Waals surface area contributed by atoms with Crippen LogP contribution < -0.4 is 4.74 Å². The summed E-state index contributed by atoms with van der Waals surface area (Å²) in [5.74, 6) is -0.191. The molecule has 0 aliphatic rings. The maximum absolute atomic E-state index is 11.3. The summed E-state index contributed by atoms with van der Waals surface area (Å²) in [4.78, 5) is 11.3. The van der Waals surface area contributed by atoms with Crippen molar-refractivity contribution >= 4 is 29.2 Å². The molecule has 0 aliphatic carbocycles. The fourth-order valence-electron chi connectivity index (χ4n) is 0.946. The Morgan fingerprint density at radius 3 is 2.69 bits per heavy atom. The fourth-order valence-corrected chi connectivity index (χ4v) is 1.39. The number of carbonyl (C=O) groups excluding carboxylic acids is 1. The number of esters is 1. The maximum atomic E-state index is 11.3. The Labute approximate surface area is 104 Å². The van der Waals surface area contributed by atoms with Gasteiger partial charge in [-0.1, -0.05) is 41.4 Å². The van der Waals surface area contributed by atoms with Gasteiger partial charge in [-0.3, -0.25) is 0 Å². The molecule has 0 unspecified atom stereocenters. The Morgan fingerprint density at radius 1 is 1.31 bits per heavy atom. The molecule has 0 radical (unpaired) electrons. The van der Waals surface area contributed by atoms with Crippen LogP contribution in [0, 0.1) is 0 Å². The van der Waals surface area contributed by atoms with Crippen LogP contribution in [-0.4, -0.2) is 5.97 Å². The van der Waals surface area contributed by atoms with Crippen LogP contribution in [0.2, 0.25) is 10.0 Å². The molecule has 0 bridgehead atoms. The van der Waals surface area contributed by atoms with E-state index in [1.807, 2.05) is 6.92 Å². The van der Waals surface area contributed by atoms with E-state index in [1.165, 1.54) is 12.1 Å². The Bertz CT molecular complexity index is 437. The highest BCUT2D eigenvalue weighted by Crippen LogP contribution is 2.27. The molecule has 2 nitrogen and oxygen atoms in total. The second-order valence-corrected chi connectivity index (χ2v) is 3.72. The van der Waals surface area contributed by atoms with Gasteiger partial charge in [0.2, 0.25) is 0 Å². The monoisotopic (exact) mass is 256 g/mol. The summed E-state index contributed by atoms with van der Waals surface area (Å²) in [6.07, 6.45) is 6.43. The summed E-state index contributed by atoms with van der Waals surface area (Å²) < 4.78 is 5.00. The Hall–Kier alpha value is -1.25. The van der Waals surface area contributed by atoms with Crippen LogP contribution in [0.1, 0.15) is 6.92 Å². The third kappa shape index (κ3) is 4.09. The van der Waals surface area contributed by atoms with Crippen molar-refractivity contribution in [2.45, 2.75) is 6.92 Å². The van der Waals surface area contributed by atoms with E-state index >= 15 is 0 Å².